The van der Waals surface area contributed by atoms with Gasteiger partial charge in [0.1, 0.15) is 0 Å². The number of hydrogen-bond donors (Lipinski definition) is 0. The number of halogens is 1. The average molecular weight is 406 g/mol. The number of hydrogen-bond acceptors (Lipinski definition) is 3. The molecule has 1 saturated heterocycles. The van der Waals surface area contributed by atoms with E-state index in [0.717, 1.165) is 24.0 Å². The molecule has 0 radical (unpaired) electrons. The summed E-state index contributed by atoms with van der Waals surface area (Å²) in [5.41, 5.74) is 1.97. The van der Waals surface area contributed by atoms with Gasteiger partial charge < -0.3 is 4.74 Å². The molecule has 1 aliphatic heterocycles. The van der Waals surface area contributed by atoms with Crippen LogP contribution in [0.15, 0.2) is 60.0 Å². The molecule has 1 heterocycles. The van der Waals surface area contributed by atoms with Gasteiger partial charge in [0.2, 0.25) is 10.0 Å². The Kier molecular flexibility index (Phi) is 7.07. The van der Waals surface area contributed by atoms with Gasteiger partial charge in [-0.15, -0.1) is 0 Å². The van der Waals surface area contributed by atoms with Gasteiger partial charge in [0, 0.05) is 30.1 Å². The molecule has 0 aliphatic carbocycles. The SMILES string of the molecule is O=S(=O)(/C=C/c1ccccc1)N1CCC(COCc2ccc(Cl)cc2)CC1. The van der Waals surface area contributed by atoms with E-state index < -0.39 is 10.0 Å². The number of rotatable bonds is 7. The second-order valence-electron chi connectivity index (χ2n) is 6.74. The van der Waals surface area contributed by atoms with E-state index in [1.54, 1.807) is 10.4 Å². The van der Waals surface area contributed by atoms with Crippen LogP contribution in [-0.2, 0) is 21.4 Å². The minimum Gasteiger partial charge on any atom is -0.376 e. The summed E-state index contributed by atoms with van der Waals surface area (Å²) in [4.78, 5) is 0. The monoisotopic (exact) mass is 405 g/mol. The van der Waals surface area contributed by atoms with E-state index in [1.165, 1.54) is 5.41 Å². The standard InChI is InChI=1S/C21H24ClNO3S/c22-21-8-6-19(7-9-21)16-26-17-20-10-13-23(14-11-20)27(24,25)15-12-18-4-2-1-3-5-18/h1-9,12,15,20H,10-11,13-14,16-17H2/b15-12+. The molecule has 27 heavy (non-hydrogen) atoms. The lowest BCUT2D eigenvalue weighted by atomic mass is 9.99. The predicted octanol–water partition coefficient (Wildman–Crippen LogP) is 4.57. The second-order valence-corrected chi connectivity index (χ2v) is 9.00. The lowest BCUT2D eigenvalue weighted by Gasteiger charge is -2.30. The van der Waals surface area contributed by atoms with Crippen LogP contribution in [0.2, 0.25) is 5.02 Å². The first-order valence-electron chi connectivity index (χ1n) is 9.08. The largest absolute Gasteiger partial charge is 0.376 e. The van der Waals surface area contributed by atoms with Crippen LogP contribution >= 0.6 is 11.6 Å². The molecule has 0 bridgehead atoms. The molecule has 0 saturated carbocycles. The fourth-order valence-electron chi connectivity index (χ4n) is 3.07. The maximum atomic E-state index is 12.5. The summed E-state index contributed by atoms with van der Waals surface area (Å²) >= 11 is 5.88. The molecule has 2 aromatic carbocycles. The summed E-state index contributed by atoms with van der Waals surface area (Å²) in [5.74, 6) is 0.391. The molecule has 6 heteroatoms. The van der Waals surface area contributed by atoms with Gasteiger partial charge in [0.05, 0.1) is 6.61 Å². The minimum atomic E-state index is -3.37. The fraction of sp³-hybridized carbons (Fsp3) is 0.333. The van der Waals surface area contributed by atoms with Crippen molar-refractivity contribution < 1.29 is 13.2 Å². The summed E-state index contributed by atoms with van der Waals surface area (Å²) in [6, 6.07) is 17.1. The van der Waals surface area contributed by atoms with Crippen molar-refractivity contribution >= 4 is 27.7 Å². The maximum absolute atomic E-state index is 12.5. The van der Waals surface area contributed by atoms with Crippen molar-refractivity contribution in [1.82, 2.24) is 4.31 Å². The topological polar surface area (TPSA) is 46.6 Å². The van der Waals surface area contributed by atoms with Gasteiger partial charge in [-0.25, -0.2) is 8.42 Å². The Labute approximate surface area is 166 Å². The zero-order valence-corrected chi connectivity index (χ0v) is 16.7. The first-order valence-corrected chi connectivity index (χ1v) is 11.0. The van der Waals surface area contributed by atoms with Crippen molar-refractivity contribution in [2.24, 2.45) is 5.92 Å². The Balaban J connectivity index is 1.44. The van der Waals surface area contributed by atoms with E-state index in [-0.39, 0.29) is 0 Å². The van der Waals surface area contributed by atoms with Crippen LogP contribution in [0, 0.1) is 5.92 Å². The van der Waals surface area contributed by atoms with Crippen LogP contribution in [0.4, 0.5) is 0 Å². The smallest absolute Gasteiger partial charge is 0.236 e. The highest BCUT2D eigenvalue weighted by atomic mass is 35.5. The van der Waals surface area contributed by atoms with Gasteiger partial charge in [0.15, 0.2) is 0 Å². The summed E-state index contributed by atoms with van der Waals surface area (Å²) in [7, 11) is -3.37. The minimum absolute atomic E-state index is 0.391. The molecule has 144 valence electrons. The van der Waals surface area contributed by atoms with Gasteiger partial charge in [-0.1, -0.05) is 54.1 Å². The molecule has 0 atom stereocenters. The molecule has 0 N–H and O–H groups in total. The molecule has 1 fully saturated rings. The first-order chi connectivity index (χ1) is 13.0. The summed E-state index contributed by atoms with van der Waals surface area (Å²) in [6.07, 6.45) is 3.29. The van der Waals surface area contributed by atoms with Crippen LogP contribution in [0.5, 0.6) is 0 Å². The Morgan fingerprint density at radius 3 is 2.37 bits per heavy atom. The van der Waals surface area contributed by atoms with Gasteiger partial charge in [0.25, 0.3) is 0 Å². The molecule has 4 nitrogen and oxygen atoms in total. The molecular formula is C21H24ClNO3S. The van der Waals surface area contributed by atoms with Crippen LogP contribution in [0.25, 0.3) is 6.08 Å². The van der Waals surface area contributed by atoms with E-state index in [2.05, 4.69) is 0 Å². The Bertz CT molecular complexity index is 843. The lowest BCUT2D eigenvalue weighted by molar-refractivity contribution is 0.0689. The number of nitrogens with zero attached hydrogens (tertiary/aromatic N) is 1. The highest BCUT2D eigenvalue weighted by Gasteiger charge is 2.26. The molecule has 3 rings (SSSR count). The average Bonchev–Trinajstić information content (AvgIpc) is 2.69. The second kappa shape index (κ2) is 9.51. The quantitative estimate of drug-likeness (QED) is 0.677. The van der Waals surface area contributed by atoms with Crippen molar-refractivity contribution in [3.63, 3.8) is 0 Å². The van der Waals surface area contributed by atoms with E-state index >= 15 is 0 Å². The van der Waals surface area contributed by atoms with E-state index in [0.29, 0.717) is 37.2 Å². The van der Waals surface area contributed by atoms with Gasteiger partial charge in [-0.3, -0.25) is 0 Å². The number of sulfonamides is 1. The highest BCUT2D eigenvalue weighted by Crippen LogP contribution is 2.21. The molecular weight excluding hydrogens is 382 g/mol. The van der Waals surface area contributed by atoms with Crippen molar-refractivity contribution in [3.05, 3.63) is 76.2 Å². The third-order valence-corrected chi connectivity index (χ3v) is 6.52. The van der Waals surface area contributed by atoms with Crippen LogP contribution in [0.3, 0.4) is 0 Å². The normalized spacial score (nSPS) is 16.8. The third-order valence-electron chi connectivity index (χ3n) is 4.70. The van der Waals surface area contributed by atoms with E-state index in [1.807, 2.05) is 54.6 Å². The maximum Gasteiger partial charge on any atom is 0.236 e. The van der Waals surface area contributed by atoms with Gasteiger partial charge in [-0.05, 0) is 48.1 Å². The van der Waals surface area contributed by atoms with Gasteiger partial charge >= 0.3 is 0 Å². The number of ether oxygens (including phenoxy) is 1. The third kappa shape index (κ3) is 6.18. The number of piperidine rings is 1. The molecule has 0 amide bonds. The summed E-state index contributed by atoms with van der Waals surface area (Å²) in [5, 5.41) is 2.02. The van der Waals surface area contributed by atoms with Crippen LogP contribution in [-0.4, -0.2) is 32.4 Å². The molecule has 0 spiro atoms. The highest BCUT2D eigenvalue weighted by molar-refractivity contribution is 7.92. The predicted molar refractivity (Wildman–Crippen MR) is 110 cm³/mol. The van der Waals surface area contributed by atoms with E-state index in [4.69, 9.17) is 16.3 Å². The number of benzene rings is 2. The zero-order chi connectivity index (χ0) is 19.1. The van der Waals surface area contributed by atoms with Crippen molar-refractivity contribution in [3.8, 4) is 0 Å². The molecule has 0 unspecified atom stereocenters. The molecule has 1 aliphatic rings. The van der Waals surface area contributed by atoms with Crippen LogP contribution < -0.4 is 0 Å². The Morgan fingerprint density at radius 1 is 1.04 bits per heavy atom. The van der Waals surface area contributed by atoms with Crippen molar-refractivity contribution in [2.45, 2.75) is 19.4 Å². The lowest BCUT2D eigenvalue weighted by Crippen LogP contribution is -2.38. The summed E-state index contributed by atoms with van der Waals surface area (Å²) in [6.45, 7) is 2.28. The first kappa shape index (κ1) is 20.1. The Hall–Kier alpha value is -1.66. The van der Waals surface area contributed by atoms with Crippen LogP contribution in [0.1, 0.15) is 24.0 Å². The van der Waals surface area contributed by atoms with Crippen molar-refractivity contribution in [1.29, 1.82) is 0 Å². The zero-order valence-electron chi connectivity index (χ0n) is 15.1. The van der Waals surface area contributed by atoms with E-state index in [9.17, 15) is 8.42 Å². The fourth-order valence-corrected chi connectivity index (χ4v) is 4.42. The van der Waals surface area contributed by atoms with Gasteiger partial charge in [-0.2, -0.15) is 4.31 Å². The van der Waals surface area contributed by atoms with Crippen molar-refractivity contribution in [2.75, 3.05) is 19.7 Å². The molecule has 0 aromatic heterocycles. The molecule has 2 aromatic rings. The Morgan fingerprint density at radius 2 is 1.70 bits per heavy atom. The summed E-state index contributed by atoms with van der Waals surface area (Å²) < 4.78 is 32.3.